The molecule has 0 radical (unpaired) electrons. The number of aliphatic hydroxyl groups is 1. The van der Waals surface area contributed by atoms with Crippen molar-refractivity contribution in [3.05, 3.63) is 0 Å². The third kappa shape index (κ3) is 3.83. The summed E-state index contributed by atoms with van der Waals surface area (Å²) in [7, 11) is 0. The molecule has 1 aliphatic heterocycles. The van der Waals surface area contributed by atoms with Crippen LogP contribution in [0.15, 0.2) is 0 Å². The Bertz CT molecular complexity index is 333. The molecule has 0 aromatic heterocycles. The smallest absolute Gasteiger partial charge is 0.410 e. The van der Waals surface area contributed by atoms with Gasteiger partial charge in [-0.2, -0.15) is 0 Å². The number of nitrogens with zero attached hydrogens (tertiary/aromatic N) is 1. The number of hydrogen-bond donors (Lipinski definition) is 1. The molecule has 1 heterocycles. The van der Waals surface area contributed by atoms with E-state index in [-0.39, 0.29) is 24.3 Å². The molecule has 2 rings (SSSR count). The highest BCUT2D eigenvalue weighted by Crippen LogP contribution is 2.48. The Balaban J connectivity index is 1.96. The van der Waals surface area contributed by atoms with Crippen molar-refractivity contribution < 1.29 is 19.4 Å². The van der Waals surface area contributed by atoms with Crippen LogP contribution in [0.4, 0.5) is 4.79 Å². The highest BCUT2D eigenvalue weighted by molar-refractivity contribution is 5.68. The van der Waals surface area contributed by atoms with Gasteiger partial charge in [0.25, 0.3) is 0 Å². The number of carbonyl (C=O) groups excluding carboxylic acids is 1. The van der Waals surface area contributed by atoms with Crippen LogP contribution in [0.5, 0.6) is 0 Å². The van der Waals surface area contributed by atoms with E-state index >= 15 is 0 Å². The molecule has 2 fully saturated rings. The number of ether oxygens (including phenoxy) is 2. The van der Waals surface area contributed by atoms with Crippen LogP contribution < -0.4 is 0 Å². The molecule has 1 saturated carbocycles. The van der Waals surface area contributed by atoms with Crippen molar-refractivity contribution in [3.8, 4) is 0 Å². The predicted octanol–water partition coefficient (Wildman–Crippen LogP) is 1.93. The molecule has 1 N–H and O–H groups in total. The van der Waals surface area contributed by atoms with Crippen molar-refractivity contribution in [3.63, 3.8) is 0 Å². The monoisotopic (exact) mass is 271 g/mol. The molecular formula is C14H25NO4. The van der Waals surface area contributed by atoms with Crippen molar-refractivity contribution in [2.75, 3.05) is 19.8 Å². The SMILES string of the molecule is CC(C)(C)OC(=O)N(CCCO)C1COC2(CC2)C1. The minimum Gasteiger partial charge on any atom is -0.444 e. The summed E-state index contributed by atoms with van der Waals surface area (Å²) in [4.78, 5) is 14.0. The number of hydrogen-bond acceptors (Lipinski definition) is 4. The van der Waals surface area contributed by atoms with Gasteiger partial charge in [-0.25, -0.2) is 4.79 Å². The molecule has 1 aliphatic carbocycles. The van der Waals surface area contributed by atoms with Gasteiger partial charge in [0.15, 0.2) is 0 Å². The summed E-state index contributed by atoms with van der Waals surface area (Å²) in [6.45, 7) is 6.78. The lowest BCUT2D eigenvalue weighted by atomic mass is 10.1. The summed E-state index contributed by atoms with van der Waals surface area (Å²) in [5.74, 6) is 0. The lowest BCUT2D eigenvalue weighted by molar-refractivity contribution is 0.0127. The molecule has 0 aromatic rings. The normalized spacial score (nSPS) is 24.5. The van der Waals surface area contributed by atoms with Crippen molar-refractivity contribution in [2.45, 2.75) is 63.7 Å². The van der Waals surface area contributed by atoms with Crippen molar-refractivity contribution in [1.82, 2.24) is 4.90 Å². The Morgan fingerprint density at radius 1 is 1.47 bits per heavy atom. The zero-order chi connectivity index (χ0) is 14.1. The first kappa shape index (κ1) is 14.6. The van der Waals surface area contributed by atoms with Crippen molar-refractivity contribution in [1.29, 1.82) is 0 Å². The Kier molecular flexibility index (Phi) is 4.06. The average molecular weight is 271 g/mol. The van der Waals surface area contributed by atoms with E-state index in [0.717, 1.165) is 19.3 Å². The van der Waals surface area contributed by atoms with Gasteiger partial charge in [-0.3, -0.25) is 0 Å². The van der Waals surface area contributed by atoms with Gasteiger partial charge in [0, 0.05) is 13.2 Å². The highest BCUT2D eigenvalue weighted by Gasteiger charge is 2.52. The molecule has 1 saturated heterocycles. The van der Waals surface area contributed by atoms with Crippen LogP contribution in [-0.4, -0.2) is 53.1 Å². The van der Waals surface area contributed by atoms with Gasteiger partial charge in [0.05, 0.1) is 18.2 Å². The Morgan fingerprint density at radius 2 is 2.16 bits per heavy atom. The van der Waals surface area contributed by atoms with Crippen LogP contribution >= 0.6 is 0 Å². The van der Waals surface area contributed by atoms with Crippen molar-refractivity contribution >= 4 is 6.09 Å². The zero-order valence-corrected chi connectivity index (χ0v) is 12.1. The number of carbonyl (C=O) groups is 1. The van der Waals surface area contributed by atoms with Crippen LogP contribution in [0.2, 0.25) is 0 Å². The van der Waals surface area contributed by atoms with E-state index in [9.17, 15) is 4.79 Å². The lowest BCUT2D eigenvalue weighted by Crippen LogP contribution is -2.44. The topological polar surface area (TPSA) is 59.0 Å². The predicted molar refractivity (Wildman–Crippen MR) is 71.0 cm³/mol. The molecule has 19 heavy (non-hydrogen) atoms. The Labute approximate surface area is 114 Å². The first-order valence-corrected chi connectivity index (χ1v) is 7.10. The second kappa shape index (κ2) is 5.29. The van der Waals surface area contributed by atoms with E-state index in [0.29, 0.717) is 19.6 Å². The largest absolute Gasteiger partial charge is 0.444 e. The fourth-order valence-electron chi connectivity index (χ4n) is 2.49. The fourth-order valence-corrected chi connectivity index (χ4v) is 2.49. The molecule has 110 valence electrons. The van der Waals surface area contributed by atoms with E-state index < -0.39 is 5.60 Å². The van der Waals surface area contributed by atoms with Gasteiger partial charge in [-0.1, -0.05) is 0 Å². The maximum Gasteiger partial charge on any atom is 0.410 e. The van der Waals surface area contributed by atoms with Gasteiger partial charge < -0.3 is 19.5 Å². The standard InChI is InChI=1S/C14H25NO4/c1-13(2,3)19-12(17)15(7-4-8-16)11-9-14(5-6-14)18-10-11/h11,16H,4-10H2,1-3H3. The van der Waals surface area contributed by atoms with Gasteiger partial charge in [0.1, 0.15) is 5.60 Å². The van der Waals surface area contributed by atoms with E-state index in [1.165, 1.54) is 0 Å². The first-order valence-electron chi connectivity index (χ1n) is 7.10. The lowest BCUT2D eigenvalue weighted by Gasteiger charge is -2.31. The Hall–Kier alpha value is -0.810. The maximum atomic E-state index is 12.2. The zero-order valence-electron chi connectivity index (χ0n) is 12.1. The van der Waals surface area contributed by atoms with Gasteiger partial charge in [-0.15, -0.1) is 0 Å². The van der Waals surface area contributed by atoms with Crippen LogP contribution in [0.1, 0.15) is 46.5 Å². The summed E-state index contributed by atoms with van der Waals surface area (Å²) in [5.41, 5.74) is -0.449. The molecule has 2 aliphatic rings. The minimum atomic E-state index is -0.495. The molecule has 1 unspecified atom stereocenters. The summed E-state index contributed by atoms with van der Waals surface area (Å²) in [6, 6.07) is 0.0869. The molecule has 5 nitrogen and oxygen atoms in total. The summed E-state index contributed by atoms with van der Waals surface area (Å²) >= 11 is 0. The van der Waals surface area contributed by atoms with Gasteiger partial charge >= 0.3 is 6.09 Å². The maximum absolute atomic E-state index is 12.2. The summed E-state index contributed by atoms with van der Waals surface area (Å²) in [6.07, 6.45) is 3.38. The quantitative estimate of drug-likeness (QED) is 0.848. The summed E-state index contributed by atoms with van der Waals surface area (Å²) < 4.78 is 11.2. The number of amides is 1. The number of aliphatic hydroxyl groups excluding tert-OH is 1. The average Bonchev–Trinajstić information content (AvgIpc) is 2.90. The molecule has 1 spiro atoms. The second-order valence-electron chi connectivity index (χ2n) is 6.60. The molecule has 0 aromatic carbocycles. The van der Waals surface area contributed by atoms with E-state index in [1.807, 2.05) is 20.8 Å². The number of rotatable bonds is 4. The van der Waals surface area contributed by atoms with Crippen LogP contribution in [0.3, 0.4) is 0 Å². The van der Waals surface area contributed by atoms with Gasteiger partial charge in [-0.05, 0) is 46.5 Å². The van der Waals surface area contributed by atoms with Crippen molar-refractivity contribution in [2.24, 2.45) is 0 Å². The van der Waals surface area contributed by atoms with Crippen LogP contribution in [0, 0.1) is 0 Å². The third-order valence-electron chi connectivity index (χ3n) is 3.62. The van der Waals surface area contributed by atoms with Crippen LogP contribution in [-0.2, 0) is 9.47 Å². The molecule has 1 atom stereocenters. The Morgan fingerprint density at radius 3 is 2.63 bits per heavy atom. The first-order chi connectivity index (χ1) is 8.85. The molecule has 0 bridgehead atoms. The summed E-state index contributed by atoms with van der Waals surface area (Å²) in [5, 5.41) is 8.98. The second-order valence-corrected chi connectivity index (χ2v) is 6.60. The highest BCUT2D eigenvalue weighted by atomic mass is 16.6. The third-order valence-corrected chi connectivity index (χ3v) is 3.62. The van der Waals surface area contributed by atoms with Gasteiger partial charge in [0.2, 0.25) is 0 Å². The molecule has 1 amide bonds. The van der Waals surface area contributed by atoms with E-state index in [1.54, 1.807) is 4.90 Å². The fraction of sp³-hybridized carbons (Fsp3) is 0.929. The molecule has 5 heteroatoms. The molecular weight excluding hydrogens is 246 g/mol. The van der Waals surface area contributed by atoms with E-state index in [2.05, 4.69) is 0 Å². The van der Waals surface area contributed by atoms with Crippen LogP contribution in [0.25, 0.3) is 0 Å². The minimum absolute atomic E-state index is 0.0458. The van der Waals surface area contributed by atoms with E-state index in [4.69, 9.17) is 14.6 Å².